The second-order valence-electron chi connectivity index (χ2n) is 15.8. The van der Waals surface area contributed by atoms with Gasteiger partial charge in [-0.2, -0.15) is 0 Å². The summed E-state index contributed by atoms with van der Waals surface area (Å²) in [6.45, 7) is 6.41. The largest absolute Gasteiger partial charge is 0.462 e. The number of allylic oxidation sites excluding steroid dienone is 4. The maximum absolute atomic E-state index is 13.1. The first-order chi connectivity index (χ1) is 26.0. The Hall–Kier alpha value is -1.66. The monoisotopic (exact) mass is 748 g/mol. The maximum Gasteiger partial charge on any atom is 0.306 e. The third-order valence-electron chi connectivity index (χ3n) is 10.5. The van der Waals surface area contributed by atoms with Gasteiger partial charge in [-0.3, -0.25) is 9.59 Å². The van der Waals surface area contributed by atoms with Gasteiger partial charge >= 0.3 is 5.97 Å². The van der Waals surface area contributed by atoms with Crippen molar-refractivity contribution in [3.8, 4) is 0 Å². The van der Waals surface area contributed by atoms with Gasteiger partial charge in [-0.1, -0.05) is 173 Å². The molecule has 0 saturated heterocycles. The number of nitrogens with one attached hydrogen (secondary N) is 1. The summed E-state index contributed by atoms with van der Waals surface area (Å²) in [4.78, 5) is 25.9. The molecule has 0 fully saturated rings. The van der Waals surface area contributed by atoms with E-state index in [9.17, 15) is 19.8 Å². The van der Waals surface area contributed by atoms with Crippen molar-refractivity contribution in [1.82, 2.24) is 5.32 Å². The standard InChI is InChI=1S/C47H89NO5/c1-4-7-10-13-16-19-21-22-23-24-25-28-31-34-37-40-47(52)53-43(38-35-32-29-27-20-17-14-11-8-5-2)41-46(51)48-44(42-49)45(50)39-36-33-30-26-18-15-12-9-6-3/h17,19-21,43-45,49-50H,4-16,18,22-42H2,1-3H3,(H,48,51)/b20-17-,21-19-. The zero-order valence-electron chi connectivity index (χ0n) is 35.4. The molecule has 0 aliphatic rings. The van der Waals surface area contributed by atoms with E-state index < -0.39 is 18.2 Å². The fraction of sp³-hybridized carbons (Fsp3) is 0.872. The van der Waals surface area contributed by atoms with Crippen LogP contribution in [0.2, 0.25) is 0 Å². The van der Waals surface area contributed by atoms with Gasteiger partial charge in [-0.15, -0.1) is 0 Å². The summed E-state index contributed by atoms with van der Waals surface area (Å²) < 4.78 is 5.89. The minimum atomic E-state index is -0.786. The zero-order valence-corrected chi connectivity index (χ0v) is 35.4. The first kappa shape index (κ1) is 51.3. The van der Waals surface area contributed by atoms with E-state index in [0.717, 1.165) is 70.6 Å². The van der Waals surface area contributed by atoms with Crippen LogP contribution in [0.1, 0.15) is 239 Å². The lowest BCUT2D eigenvalue weighted by Gasteiger charge is -2.24. The first-order valence-corrected chi connectivity index (χ1v) is 23.1. The highest BCUT2D eigenvalue weighted by Crippen LogP contribution is 2.17. The average Bonchev–Trinajstić information content (AvgIpc) is 3.15. The Labute approximate surface area is 329 Å². The van der Waals surface area contributed by atoms with E-state index in [2.05, 4.69) is 50.4 Å². The van der Waals surface area contributed by atoms with Crippen LogP contribution in [0.5, 0.6) is 0 Å². The normalized spacial score (nSPS) is 13.5. The van der Waals surface area contributed by atoms with E-state index in [1.165, 1.54) is 122 Å². The molecule has 0 aliphatic heterocycles. The Balaban J connectivity index is 4.54. The molecule has 53 heavy (non-hydrogen) atoms. The van der Waals surface area contributed by atoms with Gasteiger partial charge in [0.1, 0.15) is 6.10 Å². The van der Waals surface area contributed by atoms with Crippen LogP contribution < -0.4 is 5.32 Å². The molecular weight excluding hydrogens is 659 g/mol. The van der Waals surface area contributed by atoms with Crippen LogP contribution in [-0.2, 0) is 14.3 Å². The van der Waals surface area contributed by atoms with Crippen molar-refractivity contribution in [2.75, 3.05) is 6.61 Å². The van der Waals surface area contributed by atoms with Crippen molar-refractivity contribution < 1.29 is 24.5 Å². The van der Waals surface area contributed by atoms with Crippen molar-refractivity contribution in [3.05, 3.63) is 24.3 Å². The van der Waals surface area contributed by atoms with Crippen molar-refractivity contribution in [1.29, 1.82) is 0 Å². The summed E-state index contributed by atoms with van der Waals surface area (Å²) in [5.74, 6) is -0.492. The predicted octanol–water partition coefficient (Wildman–Crippen LogP) is 13.2. The molecule has 0 radical (unpaired) electrons. The molecular formula is C47H89NO5. The quantitative estimate of drug-likeness (QED) is 0.0329. The lowest BCUT2D eigenvalue weighted by molar-refractivity contribution is -0.151. The Morgan fingerprint density at radius 2 is 0.906 bits per heavy atom. The number of unbranched alkanes of at least 4 members (excludes halogenated alkanes) is 25. The van der Waals surface area contributed by atoms with Crippen LogP contribution in [0, 0.1) is 0 Å². The zero-order chi connectivity index (χ0) is 38.9. The summed E-state index contributed by atoms with van der Waals surface area (Å²) in [7, 11) is 0. The molecule has 3 unspecified atom stereocenters. The molecule has 0 spiro atoms. The fourth-order valence-corrected chi connectivity index (χ4v) is 6.95. The molecule has 312 valence electrons. The minimum absolute atomic E-state index is 0.0678. The van der Waals surface area contributed by atoms with Gasteiger partial charge in [0, 0.05) is 6.42 Å². The summed E-state index contributed by atoms with van der Waals surface area (Å²) in [6, 6.07) is -0.700. The SMILES string of the molecule is CCCCC/C=C\CCCCCC(CC(=O)NC(CO)C(O)CCCCCCCCCCC)OC(=O)CCCCCCCCC/C=C\CCCCCC. The number of hydrogen-bond donors (Lipinski definition) is 3. The molecule has 0 aromatic rings. The number of hydrogen-bond acceptors (Lipinski definition) is 5. The highest BCUT2D eigenvalue weighted by Gasteiger charge is 2.24. The molecule has 6 nitrogen and oxygen atoms in total. The number of amides is 1. The summed E-state index contributed by atoms with van der Waals surface area (Å²) in [5, 5.41) is 23.6. The fourth-order valence-electron chi connectivity index (χ4n) is 6.95. The second kappa shape index (κ2) is 41.5. The van der Waals surface area contributed by atoms with E-state index in [4.69, 9.17) is 4.74 Å². The van der Waals surface area contributed by atoms with Crippen molar-refractivity contribution in [2.45, 2.75) is 257 Å². The Kier molecular flexibility index (Phi) is 40.2. The number of esters is 1. The van der Waals surface area contributed by atoms with Gasteiger partial charge in [0.25, 0.3) is 0 Å². The molecule has 0 saturated carbocycles. The van der Waals surface area contributed by atoms with Crippen molar-refractivity contribution in [3.63, 3.8) is 0 Å². The number of aliphatic hydroxyl groups is 2. The molecule has 0 aliphatic carbocycles. The van der Waals surface area contributed by atoms with Gasteiger partial charge in [0.05, 0.1) is 25.2 Å². The molecule has 0 bridgehead atoms. The van der Waals surface area contributed by atoms with Gasteiger partial charge < -0.3 is 20.3 Å². The molecule has 0 rings (SSSR count). The summed E-state index contributed by atoms with van der Waals surface area (Å²) in [6.07, 6.45) is 45.2. The van der Waals surface area contributed by atoms with Crippen LogP contribution in [0.15, 0.2) is 24.3 Å². The highest BCUT2D eigenvalue weighted by molar-refractivity contribution is 5.77. The first-order valence-electron chi connectivity index (χ1n) is 23.1. The highest BCUT2D eigenvalue weighted by atomic mass is 16.5. The molecule has 3 atom stereocenters. The van der Waals surface area contributed by atoms with E-state index in [1.54, 1.807) is 0 Å². The van der Waals surface area contributed by atoms with E-state index >= 15 is 0 Å². The van der Waals surface area contributed by atoms with Crippen LogP contribution >= 0.6 is 0 Å². The van der Waals surface area contributed by atoms with Crippen molar-refractivity contribution in [2.24, 2.45) is 0 Å². The Morgan fingerprint density at radius 1 is 0.528 bits per heavy atom. The van der Waals surface area contributed by atoms with Crippen LogP contribution in [-0.4, -0.2) is 46.9 Å². The van der Waals surface area contributed by atoms with E-state index in [-0.39, 0.29) is 24.9 Å². The third-order valence-corrected chi connectivity index (χ3v) is 10.5. The second-order valence-corrected chi connectivity index (χ2v) is 15.8. The number of ether oxygens (including phenoxy) is 1. The number of aliphatic hydroxyl groups excluding tert-OH is 2. The van der Waals surface area contributed by atoms with Gasteiger partial charge in [-0.05, 0) is 77.0 Å². The summed E-state index contributed by atoms with van der Waals surface area (Å²) in [5.41, 5.74) is 0. The Morgan fingerprint density at radius 3 is 1.42 bits per heavy atom. The van der Waals surface area contributed by atoms with Crippen LogP contribution in [0.25, 0.3) is 0 Å². The molecule has 3 N–H and O–H groups in total. The molecule has 6 heteroatoms. The van der Waals surface area contributed by atoms with Gasteiger partial charge in [-0.25, -0.2) is 0 Å². The third kappa shape index (κ3) is 37.1. The molecule has 0 aromatic heterocycles. The number of carbonyl (C=O) groups is 2. The predicted molar refractivity (Wildman–Crippen MR) is 227 cm³/mol. The number of carbonyl (C=O) groups excluding carboxylic acids is 2. The molecule has 0 heterocycles. The van der Waals surface area contributed by atoms with E-state index in [0.29, 0.717) is 19.3 Å². The maximum atomic E-state index is 13.1. The van der Waals surface area contributed by atoms with Crippen molar-refractivity contribution >= 4 is 11.9 Å². The van der Waals surface area contributed by atoms with E-state index in [1.807, 2.05) is 0 Å². The molecule has 1 amide bonds. The van der Waals surface area contributed by atoms with Crippen LogP contribution in [0.3, 0.4) is 0 Å². The topological polar surface area (TPSA) is 95.9 Å². The van der Waals surface area contributed by atoms with Gasteiger partial charge in [0.15, 0.2) is 0 Å². The smallest absolute Gasteiger partial charge is 0.306 e. The lowest BCUT2D eigenvalue weighted by Crippen LogP contribution is -2.46. The minimum Gasteiger partial charge on any atom is -0.462 e. The summed E-state index contributed by atoms with van der Waals surface area (Å²) >= 11 is 0. The molecule has 0 aromatic carbocycles. The lowest BCUT2D eigenvalue weighted by atomic mass is 10.0. The van der Waals surface area contributed by atoms with Gasteiger partial charge in [0.2, 0.25) is 5.91 Å². The Bertz CT molecular complexity index is 843. The average molecular weight is 748 g/mol. The number of rotatable bonds is 41. The van der Waals surface area contributed by atoms with Crippen LogP contribution in [0.4, 0.5) is 0 Å².